The van der Waals surface area contributed by atoms with E-state index >= 15 is 0 Å². The lowest BCUT2D eigenvalue weighted by Gasteiger charge is -2.36. The molecule has 0 aromatic heterocycles. The number of hydrogen-bond donors (Lipinski definition) is 0. The number of benzene rings is 2. The molecule has 0 saturated carbocycles. The molecule has 0 aliphatic carbocycles. The molecule has 4 nitrogen and oxygen atoms in total. The predicted molar refractivity (Wildman–Crippen MR) is 87.1 cm³/mol. The van der Waals surface area contributed by atoms with Gasteiger partial charge < -0.3 is 14.5 Å². The summed E-state index contributed by atoms with van der Waals surface area (Å²) in [5.74, 6) is -0.892. The first-order valence-electron chi connectivity index (χ1n) is 7.80. The molecule has 1 fully saturated rings. The number of piperazine rings is 1. The van der Waals surface area contributed by atoms with E-state index in [0.29, 0.717) is 31.9 Å². The van der Waals surface area contributed by atoms with Crippen molar-refractivity contribution >= 4 is 11.6 Å². The Balaban J connectivity index is 1.52. The van der Waals surface area contributed by atoms with Crippen LogP contribution >= 0.6 is 0 Å². The number of rotatable bonds is 4. The number of para-hydroxylation sites is 2. The number of ether oxygens (including phenoxy) is 1. The van der Waals surface area contributed by atoms with Crippen LogP contribution in [0.15, 0.2) is 48.5 Å². The molecule has 0 bridgehead atoms. The fourth-order valence-electron chi connectivity index (χ4n) is 2.70. The first kappa shape index (κ1) is 16.2. The Hall–Kier alpha value is -2.63. The van der Waals surface area contributed by atoms with E-state index in [4.69, 9.17) is 4.74 Å². The van der Waals surface area contributed by atoms with Gasteiger partial charge in [-0.05, 0) is 24.3 Å². The molecule has 0 atom stereocenters. The second-order valence-electron chi connectivity index (χ2n) is 5.54. The standard InChI is InChI=1S/C18H18F2N2O2/c19-14-5-1-3-7-16(14)21-9-11-22(12-10-21)18(23)13-24-17-8-4-2-6-15(17)20/h1-8H,9-13H2. The molecular weight excluding hydrogens is 314 g/mol. The second kappa shape index (κ2) is 7.29. The van der Waals surface area contributed by atoms with Crippen LogP contribution in [-0.4, -0.2) is 43.6 Å². The van der Waals surface area contributed by atoms with Crippen molar-refractivity contribution in [3.8, 4) is 5.75 Å². The Kier molecular flexibility index (Phi) is 4.93. The van der Waals surface area contributed by atoms with Gasteiger partial charge in [-0.1, -0.05) is 24.3 Å². The van der Waals surface area contributed by atoms with Crippen molar-refractivity contribution in [3.63, 3.8) is 0 Å². The maximum atomic E-state index is 13.8. The molecule has 0 spiro atoms. The van der Waals surface area contributed by atoms with Crippen molar-refractivity contribution in [2.75, 3.05) is 37.7 Å². The molecule has 6 heteroatoms. The average molecular weight is 332 g/mol. The van der Waals surface area contributed by atoms with Crippen LogP contribution in [-0.2, 0) is 4.79 Å². The van der Waals surface area contributed by atoms with Crippen LogP contribution in [0.4, 0.5) is 14.5 Å². The van der Waals surface area contributed by atoms with Gasteiger partial charge in [0, 0.05) is 26.2 Å². The molecule has 0 radical (unpaired) electrons. The third-order valence-corrected chi connectivity index (χ3v) is 4.01. The van der Waals surface area contributed by atoms with E-state index in [-0.39, 0.29) is 24.1 Å². The summed E-state index contributed by atoms with van der Waals surface area (Å²) in [6, 6.07) is 12.6. The molecule has 3 rings (SSSR count). The van der Waals surface area contributed by atoms with Gasteiger partial charge in [0.2, 0.25) is 0 Å². The van der Waals surface area contributed by atoms with Crippen LogP contribution in [0.5, 0.6) is 5.75 Å². The van der Waals surface area contributed by atoms with E-state index in [9.17, 15) is 13.6 Å². The largest absolute Gasteiger partial charge is 0.481 e. The van der Waals surface area contributed by atoms with E-state index in [0.717, 1.165) is 0 Å². The number of carbonyl (C=O) groups is 1. The summed E-state index contributed by atoms with van der Waals surface area (Å²) in [5.41, 5.74) is 0.548. The minimum Gasteiger partial charge on any atom is -0.481 e. The lowest BCUT2D eigenvalue weighted by molar-refractivity contribution is -0.133. The van der Waals surface area contributed by atoms with Crippen molar-refractivity contribution in [1.82, 2.24) is 4.90 Å². The van der Waals surface area contributed by atoms with Crippen LogP contribution in [0.3, 0.4) is 0 Å². The first-order chi connectivity index (χ1) is 11.6. The molecule has 0 N–H and O–H groups in total. The summed E-state index contributed by atoms with van der Waals surface area (Å²) in [5, 5.41) is 0. The van der Waals surface area contributed by atoms with Crippen molar-refractivity contribution < 1.29 is 18.3 Å². The monoisotopic (exact) mass is 332 g/mol. The topological polar surface area (TPSA) is 32.8 Å². The van der Waals surface area contributed by atoms with E-state index < -0.39 is 5.82 Å². The zero-order chi connectivity index (χ0) is 16.9. The zero-order valence-electron chi connectivity index (χ0n) is 13.1. The minimum atomic E-state index is -0.491. The van der Waals surface area contributed by atoms with Crippen LogP contribution in [0.25, 0.3) is 0 Å². The lowest BCUT2D eigenvalue weighted by Crippen LogP contribution is -2.50. The molecular formula is C18H18F2N2O2. The van der Waals surface area contributed by atoms with Gasteiger partial charge in [0.15, 0.2) is 18.2 Å². The fourth-order valence-corrected chi connectivity index (χ4v) is 2.70. The predicted octanol–water partition coefficient (Wildman–Crippen LogP) is 2.69. The second-order valence-corrected chi connectivity index (χ2v) is 5.54. The molecule has 1 aliphatic heterocycles. The molecule has 1 saturated heterocycles. The number of carbonyl (C=O) groups excluding carboxylic acids is 1. The maximum Gasteiger partial charge on any atom is 0.260 e. The highest BCUT2D eigenvalue weighted by Gasteiger charge is 2.23. The van der Waals surface area contributed by atoms with E-state index in [2.05, 4.69) is 0 Å². The van der Waals surface area contributed by atoms with Gasteiger partial charge >= 0.3 is 0 Å². The van der Waals surface area contributed by atoms with Gasteiger partial charge in [-0.15, -0.1) is 0 Å². The summed E-state index contributed by atoms with van der Waals surface area (Å²) in [6.45, 7) is 1.85. The Morgan fingerprint density at radius 1 is 0.917 bits per heavy atom. The van der Waals surface area contributed by atoms with E-state index in [1.807, 2.05) is 4.90 Å². The number of hydrogen-bond acceptors (Lipinski definition) is 3. The highest BCUT2D eigenvalue weighted by Crippen LogP contribution is 2.20. The molecule has 126 valence electrons. The molecule has 1 aliphatic rings. The number of anilines is 1. The third-order valence-electron chi connectivity index (χ3n) is 4.01. The van der Waals surface area contributed by atoms with E-state index in [1.165, 1.54) is 18.2 Å². The van der Waals surface area contributed by atoms with Gasteiger partial charge in [-0.25, -0.2) is 8.78 Å². The van der Waals surface area contributed by atoms with Crippen molar-refractivity contribution in [2.24, 2.45) is 0 Å². The van der Waals surface area contributed by atoms with E-state index in [1.54, 1.807) is 35.2 Å². The number of halogens is 2. The van der Waals surface area contributed by atoms with Crippen molar-refractivity contribution in [1.29, 1.82) is 0 Å². The van der Waals surface area contributed by atoms with Gasteiger partial charge in [-0.2, -0.15) is 0 Å². The Morgan fingerprint density at radius 2 is 1.54 bits per heavy atom. The fraction of sp³-hybridized carbons (Fsp3) is 0.278. The molecule has 1 amide bonds. The van der Waals surface area contributed by atoms with Crippen molar-refractivity contribution in [3.05, 3.63) is 60.2 Å². The van der Waals surface area contributed by atoms with Gasteiger partial charge in [0.25, 0.3) is 5.91 Å². The van der Waals surface area contributed by atoms with Gasteiger partial charge in [-0.3, -0.25) is 4.79 Å². The molecule has 2 aromatic rings. The van der Waals surface area contributed by atoms with Crippen molar-refractivity contribution in [2.45, 2.75) is 0 Å². The summed E-state index contributed by atoms with van der Waals surface area (Å²) < 4.78 is 32.5. The SMILES string of the molecule is O=C(COc1ccccc1F)N1CCN(c2ccccc2F)CC1. The summed E-state index contributed by atoms with van der Waals surface area (Å²) in [4.78, 5) is 15.7. The van der Waals surface area contributed by atoms with Gasteiger partial charge in [0.1, 0.15) is 5.82 Å². The Labute approximate surface area is 139 Å². The minimum absolute atomic E-state index is 0.0656. The number of amides is 1. The normalized spacial score (nSPS) is 14.6. The summed E-state index contributed by atoms with van der Waals surface area (Å²) in [6.07, 6.45) is 0. The average Bonchev–Trinajstić information content (AvgIpc) is 2.61. The van der Waals surface area contributed by atoms with Crippen LogP contribution < -0.4 is 9.64 Å². The smallest absolute Gasteiger partial charge is 0.260 e. The third kappa shape index (κ3) is 3.64. The summed E-state index contributed by atoms with van der Waals surface area (Å²) >= 11 is 0. The van der Waals surface area contributed by atoms with Crippen LogP contribution in [0, 0.1) is 11.6 Å². The highest BCUT2D eigenvalue weighted by molar-refractivity contribution is 5.78. The highest BCUT2D eigenvalue weighted by atomic mass is 19.1. The quantitative estimate of drug-likeness (QED) is 0.863. The maximum absolute atomic E-state index is 13.8. The Morgan fingerprint density at radius 3 is 2.21 bits per heavy atom. The van der Waals surface area contributed by atoms with Crippen LogP contribution in [0.2, 0.25) is 0 Å². The lowest BCUT2D eigenvalue weighted by atomic mass is 10.2. The Bertz CT molecular complexity index is 716. The molecule has 1 heterocycles. The first-order valence-corrected chi connectivity index (χ1v) is 7.80. The van der Waals surface area contributed by atoms with Gasteiger partial charge in [0.05, 0.1) is 5.69 Å². The number of nitrogens with zero attached hydrogens (tertiary/aromatic N) is 2. The molecule has 2 aromatic carbocycles. The zero-order valence-corrected chi connectivity index (χ0v) is 13.1. The summed E-state index contributed by atoms with van der Waals surface area (Å²) in [7, 11) is 0. The molecule has 0 unspecified atom stereocenters. The van der Waals surface area contributed by atoms with Crippen LogP contribution in [0.1, 0.15) is 0 Å². The molecule has 24 heavy (non-hydrogen) atoms.